The predicted molar refractivity (Wildman–Crippen MR) is 122 cm³/mol. The van der Waals surface area contributed by atoms with Gasteiger partial charge in [0.2, 0.25) is 11.7 Å². The number of amides is 1. The average Bonchev–Trinajstić information content (AvgIpc) is 3.55. The molecule has 166 valence electrons. The first-order chi connectivity index (χ1) is 15.7. The van der Waals surface area contributed by atoms with Crippen LogP contribution in [0.3, 0.4) is 0 Å². The van der Waals surface area contributed by atoms with E-state index in [0.29, 0.717) is 23.7 Å². The summed E-state index contributed by atoms with van der Waals surface area (Å²) in [5, 5.41) is 4.13. The van der Waals surface area contributed by atoms with Crippen LogP contribution in [0.15, 0.2) is 59.1 Å². The molecule has 0 bridgehead atoms. The first-order valence-corrected chi connectivity index (χ1v) is 11.3. The summed E-state index contributed by atoms with van der Waals surface area (Å²) in [5.74, 6) is 2.18. The molecule has 2 aromatic carbocycles. The minimum atomic E-state index is 0.0738. The largest absolute Gasteiger partial charge is 0.497 e. The number of carbonyl (C=O) groups is 1. The van der Waals surface area contributed by atoms with Crippen molar-refractivity contribution in [2.24, 2.45) is 5.92 Å². The summed E-state index contributed by atoms with van der Waals surface area (Å²) in [6, 6.07) is 18.6. The normalized spacial score (nSPS) is 19.3. The van der Waals surface area contributed by atoms with Gasteiger partial charge in [0.15, 0.2) is 0 Å². The zero-order valence-electron chi connectivity index (χ0n) is 18.3. The lowest BCUT2D eigenvalue weighted by Crippen LogP contribution is -2.42. The van der Waals surface area contributed by atoms with Crippen LogP contribution in [0.2, 0.25) is 0 Å². The summed E-state index contributed by atoms with van der Waals surface area (Å²) in [7, 11) is 1.64. The third-order valence-electron chi connectivity index (χ3n) is 6.65. The molecule has 0 N–H and O–H groups in total. The molecule has 7 heteroatoms. The zero-order valence-corrected chi connectivity index (χ0v) is 18.3. The lowest BCUT2D eigenvalue weighted by molar-refractivity contribution is -0.135. The highest BCUT2D eigenvalue weighted by molar-refractivity contribution is 5.79. The van der Waals surface area contributed by atoms with Crippen molar-refractivity contribution in [3.63, 3.8) is 0 Å². The van der Waals surface area contributed by atoms with Gasteiger partial charge in [-0.25, -0.2) is 0 Å². The fourth-order valence-corrected chi connectivity index (χ4v) is 4.73. The fourth-order valence-electron chi connectivity index (χ4n) is 4.73. The molecule has 32 heavy (non-hydrogen) atoms. The van der Waals surface area contributed by atoms with Gasteiger partial charge in [-0.2, -0.15) is 4.98 Å². The molecule has 1 amide bonds. The molecule has 1 aromatic heterocycles. The van der Waals surface area contributed by atoms with Crippen LogP contribution in [0.5, 0.6) is 5.75 Å². The number of aromatic nitrogens is 2. The van der Waals surface area contributed by atoms with E-state index >= 15 is 0 Å². The average molecular weight is 433 g/mol. The second-order valence-corrected chi connectivity index (χ2v) is 8.57. The van der Waals surface area contributed by atoms with Gasteiger partial charge in [0.05, 0.1) is 7.11 Å². The predicted octanol–water partition coefficient (Wildman–Crippen LogP) is 3.98. The third kappa shape index (κ3) is 4.20. The molecule has 2 aliphatic rings. The van der Waals surface area contributed by atoms with Crippen LogP contribution in [-0.2, 0) is 4.79 Å². The molecule has 2 saturated heterocycles. The van der Waals surface area contributed by atoms with Gasteiger partial charge in [-0.15, -0.1) is 0 Å². The number of nitrogens with zero attached hydrogens (tertiary/aromatic N) is 4. The maximum absolute atomic E-state index is 13.1. The number of carbonyl (C=O) groups excluding carboxylic acids is 1. The Morgan fingerprint density at radius 2 is 1.75 bits per heavy atom. The van der Waals surface area contributed by atoms with Crippen molar-refractivity contribution in [2.45, 2.75) is 25.2 Å². The van der Waals surface area contributed by atoms with Crippen molar-refractivity contribution in [1.82, 2.24) is 15.0 Å². The molecule has 3 heterocycles. The Bertz CT molecular complexity index is 1040. The molecule has 0 radical (unpaired) electrons. The monoisotopic (exact) mass is 432 g/mol. The Morgan fingerprint density at radius 3 is 2.47 bits per heavy atom. The van der Waals surface area contributed by atoms with Crippen LogP contribution in [0, 0.1) is 5.92 Å². The maximum atomic E-state index is 13.1. The minimum Gasteiger partial charge on any atom is -0.497 e. The quantitative estimate of drug-likeness (QED) is 0.607. The fraction of sp³-hybridized carbons (Fsp3) is 0.400. The van der Waals surface area contributed by atoms with Crippen LogP contribution >= 0.6 is 0 Å². The van der Waals surface area contributed by atoms with Gasteiger partial charge in [-0.1, -0.05) is 35.5 Å². The van der Waals surface area contributed by atoms with E-state index < -0.39 is 0 Å². The van der Waals surface area contributed by atoms with Crippen molar-refractivity contribution < 1.29 is 14.1 Å². The SMILES string of the molecule is COc1ccc(-c2noc(N3CCC(C(=O)N4CCC(c5ccccc5)C4)CC3)n2)cc1. The Kier molecular flexibility index (Phi) is 5.79. The second kappa shape index (κ2) is 9.02. The summed E-state index contributed by atoms with van der Waals surface area (Å²) in [4.78, 5) is 21.8. The van der Waals surface area contributed by atoms with Gasteiger partial charge in [0.25, 0.3) is 0 Å². The molecule has 3 aromatic rings. The molecule has 7 nitrogen and oxygen atoms in total. The molecule has 2 aliphatic heterocycles. The third-order valence-corrected chi connectivity index (χ3v) is 6.65. The number of ether oxygens (including phenoxy) is 1. The van der Waals surface area contributed by atoms with E-state index in [2.05, 4.69) is 44.2 Å². The van der Waals surface area contributed by atoms with Crippen LogP contribution in [0.4, 0.5) is 6.01 Å². The van der Waals surface area contributed by atoms with Crippen LogP contribution in [0.1, 0.15) is 30.7 Å². The Hall–Kier alpha value is -3.35. The standard InChI is InChI=1S/C25H28N4O3/c1-31-22-9-7-19(8-10-22)23-26-25(32-27-23)28-14-11-20(12-15-28)24(30)29-16-13-21(17-29)18-5-3-2-4-6-18/h2-10,20-21H,11-17H2,1H3. The molecule has 5 rings (SSSR count). The van der Waals surface area contributed by atoms with E-state index in [-0.39, 0.29) is 5.92 Å². The van der Waals surface area contributed by atoms with Crippen LogP contribution in [0.25, 0.3) is 11.4 Å². The number of anilines is 1. The van der Waals surface area contributed by atoms with Crippen LogP contribution in [-0.4, -0.2) is 54.2 Å². The molecular weight excluding hydrogens is 404 g/mol. The number of piperidine rings is 1. The highest BCUT2D eigenvalue weighted by Gasteiger charge is 2.34. The number of methoxy groups -OCH3 is 1. The van der Waals surface area contributed by atoms with E-state index in [9.17, 15) is 4.79 Å². The number of likely N-dealkylation sites (tertiary alicyclic amines) is 1. The van der Waals surface area contributed by atoms with E-state index in [0.717, 1.165) is 56.8 Å². The second-order valence-electron chi connectivity index (χ2n) is 8.57. The smallest absolute Gasteiger partial charge is 0.324 e. The van der Waals surface area contributed by atoms with Crippen molar-refractivity contribution in [1.29, 1.82) is 0 Å². The number of hydrogen-bond acceptors (Lipinski definition) is 6. The van der Waals surface area contributed by atoms with Gasteiger partial charge >= 0.3 is 6.01 Å². The Balaban J connectivity index is 1.16. The topological polar surface area (TPSA) is 71.7 Å². The molecule has 0 aliphatic carbocycles. The van der Waals surface area contributed by atoms with E-state index in [4.69, 9.17) is 9.26 Å². The maximum Gasteiger partial charge on any atom is 0.324 e. The lowest BCUT2D eigenvalue weighted by Gasteiger charge is -2.32. The summed E-state index contributed by atoms with van der Waals surface area (Å²) >= 11 is 0. The van der Waals surface area contributed by atoms with E-state index in [1.807, 2.05) is 30.3 Å². The Morgan fingerprint density at radius 1 is 1.00 bits per heavy atom. The van der Waals surface area contributed by atoms with Gasteiger partial charge in [0.1, 0.15) is 5.75 Å². The first kappa shape index (κ1) is 20.5. The van der Waals surface area contributed by atoms with Crippen molar-refractivity contribution in [3.05, 3.63) is 60.2 Å². The summed E-state index contributed by atoms with van der Waals surface area (Å²) in [6.45, 7) is 3.18. The number of rotatable bonds is 5. The van der Waals surface area contributed by atoms with Crippen molar-refractivity contribution in [3.8, 4) is 17.1 Å². The highest BCUT2D eigenvalue weighted by atomic mass is 16.5. The van der Waals surface area contributed by atoms with Crippen molar-refractivity contribution in [2.75, 3.05) is 38.2 Å². The Labute approximate surface area is 188 Å². The molecule has 1 atom stereocenters. The highest BCUT2D eigenvalue weighted by Crippen LogP contribution is 2.31. The summed E-state index contributed by atoms with van der Waals surface area (Å²) < 4.78 is 10.7. The van der Waals surface area contributed by atoms with Gasteiger partial charge in [-0.05, 0) is 49.1 Å². The molecule has 0 spiro atoms. The molecule has 1 unspecified atom stereocenters. The van der Waals surface area contributed by atoms with Crippen molar-refractivity contribution >= 4 is 11.9 Å². The summed E-state index contributed by atoms with van der Waals surface area (Å²) in [6.07, 6.45) is 2.67. The van der Waals surface area contributed by atoms with E-state index in [1.54, 1.807) is 7.11 Å². The molecule has 0 saturated carbocycles. The molecule has 2 fully saturated rings. The van der Waals surface area contributed by atoms with Gasteiger partial charge in [-0.3, -0.25) is 4.79 Å². The zero-order chi connectivity index (χ0) is 21.9. The van der Waals surface area contributed by atoms with Gasteiger partial charge in [0, 0.05) is 43.6 Å². The minimum absolute atomic E-state index is 0.0738. The van der Waals surface area contributed by atoms with E-state index in [1.165, 1.54) is 5.56 Å². The summed E-state index contributed by atoms with van der Waals surface area (Å²) in [5.41, 5.74) is 2.22. The number of hydrogen-bond donors (Lipinski definition) is 0. The van der Waals surface area contributed by atoms with Crippen LogP contribution < -0.4 is 9.64 Å². The van der Waals surface area contributed by atoms with Gasteiger partial charge < -0.3 is 19.1 Å². The number of benzene rings is 2. The lowest BCUT2D eigenvalue weighted by atomic mass is 9.95. The first-order valence-electron chi connectivity index (χ1n) is 11.3. The molecular formula is C25H28N4O3.